The highest BCUT2D eigenvalue weighted by atomic mass is 35.5. The molecule has 15 heterocycles. The van der Waals surface area contributed by atoms with Gasteiger partial charge < -0.3 is 34.8 Å². The van der Waals surface area contributed by atoms with E-state index in [9.17, 15) is 57.7 Å². The topological polar surface area (TPSA) is 413 Å². The number of halogens is 4. The number of aryl methyl sites for hydroxylation is 7. The Hall–Kier alpha value is -11.2. The lowest BCUT2D eigenvalue weighted by Gasteiger charge is -2.10. The molecule has 4 unspecified atom stereocenters. The van der Waals surface area contributed by atoms with E-state index in [1.165, 1.54) is 44.0 Å². The molecule has 0 spiro atoms. The molecule has 0 aliphatic carbocycles. The van der Waals surface area contributed by atoms with Crippen LogP contribution in [-0.2, 0) is 53.2 Å². The van der Waals surface area contributed by atoms with E-state index in [0.29, 0.717) is 47.8 Å². The van der Waals surface area contributed by atoms with Gasteiger partial charge in [0.05, 0.1) is 77.8 Å². The van der Waals surface area contributed by atoms with E-state index in [4.69, 9.17) is 17.3 Å². The number of hydrogen-bond acceptors (Lipinski definition) is 22. The summed E-state index contributed by atoms with van der Waals surface area (Å²) in [4.78, 5) is 70.7. The quantitative estimate of drug-likeness (QED) is 0.0348. The number of aromatic amines is 2. The fourth-order valence-corrected chi connectivity index (χ4v) is 10.4. The van der Waals surface area contributed by atoms with Gasteiger partial charge in [0.1, 0.15) is 46.3 Å². The van der Waals surface area contributed by atoms with Gasteiger partial charge in [-0.1, -0.05) is 0 Å². The maximum absolute atomic E-state index is 12.2. The van der Waals surface area contributed by atoms with E-state index >= 15 is 0 Å². The Kier molecular flexibility index (Phi) is 22.5. The molecule has 0 fully saturated rings. The van der Waals surface area contributed by atoms with Gasteiger partial charge in [-0.2, -0.15) is 48.9 Å². The number of nitrogen functional groups attached to an aromatic ring is 1. The molecule has 0 bridgehead atoms. The summed E-state index contributed by atoms with van der Waals surface area (Å²) in [5.74, 6) is -1.90. The predicted octanol–water partition coefficient (Wildman–Crippen LogP) is 7.13. The maximum atomic E-state index is 12.2. The SMILES string of the molecule is CNc1nc(Cl)ncc1C(F)(F)F.COC(=O)C1Cn2nccc2C1=O.COC(=O)c1ccn[nH]1.Cc1[nH]ncc1[N+](=O)[O-].Cc1cn(C2CCn3nccc32)cc1N.Cc1cn(C2CCn3nccc32)cc1[N+](=O)[O-].O=C1CCn2nccc21.OC1CCn2nccc21. The number of aliphatic hydroxyl groups is 1. The number of aromatic nitrogens is 18. The molecule has 4 atom stereocenters. The number of hydrogen-bond donors (Lipinski definition) is 5. The Bertz CT molecular complexity index is 4210. The summed E-state index contributed by atoms with van der Waals surface area (Å²) in [6.07, 6.45) is 18.2. The third kappa shape index (κ3) is 16.5. The number of carbonyl (C=O) groups excluding carboxylic acids is 4. The molecule has 0 saturated carbocycles. The van der Waals surface area contributed by atoms with E-state index in [-0.39, 0.29) is 51.1 Å². The Labute approximate surface area is 535 Å². The lowest BCUT2D eigenvalue weighted by atomic mass is 10.1. The molecule has 37 heteroatoms. The van der Waals surface area contributed by atoms with E-state index in [1.54, 1.807) is 67.7 Å². The van der Waals surface area contributed by atoms with Crippen LogP contribution in [0.2, 0.25) is 5.28 Å². The summed E-state index contributed by atoms with van der Waals surface area (Å²) in [5.41, 5.74) is 13.3. The summed E-state index contributed by atoms with van der Waals surface area (Å²) in [7, 11) is 3.92. The largest absolute Gasteiger partial charge is 0.468 e. The molecule has 5 aliphatic rings. The van der Waals surface area contributed by atoms with Gasteiger partial charge in [-0.15, -0.1) is 0 Å². The summed E-state index contributed by atoms with van der Waals surface area (Å²) in [6.45, 7) is 9.21. The molecular formula is C57H64ClF3N22O11. The van der Waals surface area contributed by atoms with Gasteiger partial charge in [0.2, 0.25) is 5.28 Å². The summed E-state index contributed by atoms with van der Waals surface area (Å²) < 4.78 is 58.7. The number of nitrogens with zero attached hydrogens (tertiary/aromatic N) is 18. The zero-order valence-corrected chi connectivity index (χ0v) is 52.0. The molecule has 5 aliphatic heterocycles. The second-order valence-electron chi connectivity index (χ2n) is 20.9. The van der Waals surface area contributed by atoms with Crippen LogP contribution in [0.15, 0.2) is 111 Å². The number of carbonyl (C=O) groups is 4. The molecule has 0 saturated heterocycles. The first-order chi connectivity index (χ1) is 44.9. The highest BCUT2D eigenvalue weighted by molar-refractivity contribution is 6.28. The normalized spacial score (nSPS) is 16.4. The minimum absolute atomic E-state index is 0.0370. The number of alkyl halides is 3. The molecule has 0 radical (unpaired) electrons. The average molecular weight is 1330 g/mol. The summed E-state index contributed by atoms with van der Waals surface area (Å²) in [6, 6.07) is 11.4. The lowest BCUT2D eigenvalue weighted by Crippen LogP contribution is -2.22. The van der Waals surface area contributed by atoms with Gasteiger partial charge in [0.25, 0.3) is 5.69 Å². The fraction of sp³-hybridized carbons (Fsp3) is 0.351. The van der Waals surface area contributed by atoms with Gasteiger partial charge in [-0.25, -0.2) is 14.8 Å². The van der Waals surface area contributed by atoms with Crippen molar-refractivity contribution >= 4 is 58.0 Å². The van der Waals surface area contributed by atoms with Crippen molar-refractivity contribution in [2.45, 2.75) is 104 Å². The van der Waals surface area contributed by atoms with Gasteiger partial charge >= 0.3 is 23.8 Å². The highest BCUT2D eigenvalue weighted by Crippen LogP contribution is 2.35. The first kappa shape index (κ1) is 68.7. The number of ether oxygens (including phenoxy) is 2. The zero-order chi connectivity index (χ0) is 68.0. The molecule has 33 nitrogen and oxygen atoms in total. The van der Waals surface area contributed by atoms with Gasteiger partial charge in [0.15, 0.2) is 11.6 Å². The Morgan fingerprint density at radius 1 is 0.702 bits per heavy atom. The molecule has 6 N–H and O–H groups in total. The monoisotopic (exact) mass is 1320 g/mol. The first-order valence-corrected chi connectivity index (χ1v) is 29.0. The second-order valence-corrected chi connectivity index (χ2v) is 21.3. The van der Waals surface area contributed by atoms with Crippen LogP contribution in [0.1, 0.15) is 115 Å². The highest BCUT2D eigenvalue weighted by Gasteiger charge is 2.38. The summed E-state index contributed by atoms with van der Waals surface area (Å²) >= 11 is 5.32. The number of rotatable bonds is 7. The van der Waals surface area contributed by atoms with Crippen molar-refractivity contribution in [1.29, 1.82) is 0 Å². The minimum Gasteiger partial charge on any atom is -0.468 e. The fourth-order valence-electron chi connectivity index (χ4n) is 10.2. The number of methoxy groups -OCH3 is 2. The number of nitrogens with one attached hydrogen (secondary N) is 3. The van der Waals surface area contributed by atoms with Crippen molar-refractivity contribution < 1.29 is 56.8 Å². The standard InChI is InChI=1S/C11H12N4O2.C11H14N4.C8H8N2O3.C6H5ClF3N3.C6H8N2O.C6H6N2O.C5H6N2O2.C4H5N3O2/c1-8-6-13(7-11(8)15(16)17)9-3-5-14-10(9)2-4-12-14;1-8-6-14(7-9(8)12)10-3-5-15-11(10)2-4-13-15;1-13-8(12)5-4-10-6(7(5)11)2-3-9-10;1-11-4-3(6(8,9)10)2-12-5(7)13-4;2*9-6-2-4-8-5(6)1-3-7-8;1-9-5(8)4-2-3-6-7-4;1-3-4(7(8)9)2-5-6-3/h2,4,6-7,9H,3,5H2,1H3;2,4,6-7,10H,3,5,12H2,1H3;2-3,5H,4H2,1H3;2H,1H3,(H,11,12,13);1,3,6,9H,2,4H2;1,3H,2,4H2;2-3H,1H3,(H,6,7);2H,1H3,(H,5,6). The Morgan fingerprint density at radius 3 is 1.76 bits per heavy atom. The van der Waals surface area contributed by atoms with Crippen LogP contribution in [0.3, 0.4) is 0 Å². The van der Waals surface area contributed by atoms with Crippen LogP contribution in [0, 0.1) is 46.9 Å². The van der Waals surface area contributed by atoms with E-state index in [1.807, 2.05) is 51.6 Å². The molecule has 0 aromatic carbocycles. The number of anilines is 2. The predicted molar refractivity (Wildman–Crippen MR) is 326 cm³/mol. The van der Waals surface area contributed by atoms with Crippen LogP contribution in [0.5, 0.6) is 0 Å². The molecular weight excluding hydrogens is 1260 g/mol. The number of esters is 2. The van der Waals surface area contributed by atoms with Crippen LogP contribution < -0.4 is 11.1 Å². The van der Waals surface area contributed by atoms with E-state index in [0.717, 1.165) is 73.8 Å². The second kappa shape index (κ2) is 30.8. The third-order valence-electron chi connectivity index (χ3n) is 15.0. The van der Waals surface area contributed by atoms with Crippen LogP contribution in [0.25, 0.3) is 0 Å². The van der Waals surface area contributed by atoms with E-state index < -0.39 is 34.5 Å². The van der Waals surface area contributed by atoms with E-state index in [2.05, 4.69) is 92.2 Å². The molecule has 0 amide bonds. The third-order valence-corrected chi connectivity index (χ3v) is 15.2. The number of H-pyrrole nitrogens is 2. The van der Waals surface area contributed by atoms with Crippen molar-refractivity contribution in [1.82, 2.24) is 88.4 Å². The number of fused-ring (bicyclic) bond motifs is 5. The molecule has 94 heavy (non-hydrogen) atoms. The number of ketones is 2. The number of nitrogens with two attached hydrogens (primary N) is 1. The molecule has 496 valence electrons. The molecule has 10 aromatic rings. The van der Waals surface area contributed by atoms with Crippen LogP contribution in [0.4, 0.5) is 36.1 Å². The Balaban J connectivity index is 0.000000139. The first-order valence-electron chi connectivity index (χ1n) is 28.6. The van der Waals surface area contributed by atoms with Crippen LogP contribution >= 0.6 is 11.6 Å². The zero-order valence-electron chi connectivity index (χ0n) is 51.2. The van der Waals surface area contributed by atoms with Gasteiger partial charge in [0, 0.05) is 107 Å². The lowest BCUT2D eigenvalue weighted by molar-refractivity contribution is -0.385. The number of aliphatic hydroxyl groups excluding tert-OH is 1. The minimum atomic E-state index is -4.47. The van der Waals surface area contributed by atoms with Crippen molar-refractivity contribution in [3.05, 3.63) is 193 Å². The molecule has 10 aromatic heterocycles. The smallest absolute Gasteiger partial charge is 0.421 e. The maximum Gasteiger partial charge on any atom is 0.421 e. The van der Waals surface area contributed by atoms with Crippen LogP contribution in [-0.4, -0.2) is 148 Å². The van der Waals surface area contributed by atoms with Crippen molar-refractivity contribution in [2.75, 3.05) is 32.3 Å². The number of Topliss-reactive ketones (excluding diaryl/α,β-unsaturated/α-hetero) is 2. The average Bonchev–Trinajstić information content (AvgIpc) is 1.68. The van der Waals surface area contributed by atoms with Gasteiger partial charge in [-0.05, 0) is 93.6 Å². The number of nitro groups is 2. The van der Waals surface area contributed by atoms with Gasteiger partial charge in [-0.3, -0.25) is 68.2 Å². The van der Waals surface area contributed by atoms with Crippen molar-refractivity contribution in [3.63, 3.8) is 0 Å². The van der Waals surface area contributed by atoms with Crippen molar-refractivity contribution in [3.8, 4) is 0 Å². The molecule has 15 rings (SSSR count). The summed E-state index contributed by atoms with van der Waals surface area (Å²) in [5, 5.41) is 64.4. The Morgan fingerprint density at radius 2 is 1.27 bits per heavy atom. The van der Waals surface area contributed by atoms with Crippen molar-refractivity contribution in [2.24, 2.45) is 5.92 Å².